The van der Waals surface area contributed by atoms with Gasteiger partial charge in [0.1, 0.15) is 0 Å². The molecule has 0 amide bonds. The van der Waals surface area contributed by atoms with Crippen molar-refractivity contribution in [3.8, 4) is 0 Å². The average Bonchev–Trinajstić information content (AvgIpc) is 2.57. The number of hydrogen-bond donors (Lipinski definition) is 0. The normalized spacial score (nSPS) is 16.7. The molecule has 1 aromatic carbocycles. The van der Waals surface area contributed by atoms with Gasteiger partial charge in [-0.05, 0) is 30.5 Å². The van der Waals surface area contributed by atoms with Crippen LogP contribution in [0, 0.1) is 5.41 Å². The number of carbonyl (C=O) groups excluding carboxylic acids is 2. The molecule has 0 fully saturated rings. The van der Waals surface area contributed by atoms with Crippen molar-refractivity contribution in [3.63, 3.8) is 0 Å². The molecule has 2 rings (SSSR count). The molecule has 0 heterocycles. The molecule has 1 aliphatic carbocycles. The lowest BCUT2D eigenvalue weighted by atomic mass is 9.89. The zero-order chi connectivity index (χ0) is 14.0. The van der Waals surface area contributed by atoms with Gasteiger partial charge in [0.05, 0.1) is 6.61 Å². The van der Waals surface area contributed by atoms with Crippen LogP contribution in [0.5, 0.6) is 0 Å². The van der Waals surface area contributed by atoms with E-state index in [1.54, 1.807) is 13.0 Å². The van der Waals surface area contributed by atoms with Crippen molar-refractivity contribution >= 4 is 17.8 Å². The van der Waals surface area contributed by atoms with Gasteiger partial charge in [-0.25, -0.2) is 4.79 Å². The first-order chi connectivity index (χ1) is 8.94. The van der Waals surface area contributed by atoms with Crippen LogP contribution < -0.4 is 0 Å². The quantitative estimate of drug-likeness (QED) is 0.618. The van der Waals surface area contributed by atoms with Gasteiger partial charge in [0.25, 0.3) is 0 Å². The molecule has 1 aromatic rings. The number of ketones is 1. The second-order valence-corrected chi connectivity index (χ2v) is 5.39. The monoisotopic (exact) mass is 258 g/mol. The summed E-state index contributed by atoms with van der Waals surface area (Å²) in [4.78, 5) is 23.3. The van der Waals surface area contributed by atoms with E-state index in [9.17, 15) is 9.59 Å². The molecule has 3 heteroatoms. The first-order valence-corrected chi connectivity index (χ1v) is 6.46. The number of esters is 1. The van der Waals surface area contributed by atoms with Gasteiger partial charge in [0.15, 0.2) is 5.78 Å². The molecule has 0 unspecified atom stereocenters. The molecule has 0 saturated carbocycles. The van der Waals surface area contributed by atoms with E-state index < -0.39 is 0 Å². The number of benzene rings is 1. The van der Waals surface area contributed by atoms with Crippen LogP contribution in [0.15, 0.2) is 24.3 Å². The van der Waals surface area contributed by atoms with E-state index in [0.29, 0.717) is 6.61 Å². The van der Waals surface area contributed by atoms with E-state index in [2.05, 4.69) is 0 Å². The molecule has 100 valence electrons. The van der Waals surface area contributed by atoms with Crippen LogP contribution in [0.2, 0.25) is 0 Å². The summed E-state index contributed by atoms with van der Waals surface area (Å²) in [5, 5.41) is 0. The molecule has 0 aliphatic heterocycles. The zero-order valence-electron chi connectivity index (χ0n) is 11.5. The maximum absolute atomic E-state index is 12.1. The highest BCUT2D eigenvalue weighted by Gasteiger charge is 2.37. The van der Waals surface area contributed by atoms with Gasteiger partial charge in [0, 0.05) is 17.1 Å². The Morgan fingerprint density at radius 1 is 1.42 bits per heavy atom. The maximum Gasteiger partial charge on any atom is 0.330 e. The van der Waals surface area contributed by atoms with Crippen LogP contribution in [0.3, 0.4) is 0 Å². The minimum absolute atomic E-state index is 0.198. The maximum atomic E-state index is 12.1. The number of Topliss-reactive ketones (excluding diaryl/α,β-unsaturated/α-hetero) is 1. The van der Waals surface area contributed by atoms with Crippen LogP contribution >= 0.6 is 0 Å². The lowest BCUT2D eigenvalue weighted by Gasteiger charge is -2.12. The van der Waals surface area contributed by atoms with E-state index in [1.165, 1.54) is 6.08 Å². The van der Waals surface area contributed by atoms with Gasteiger partial charge in [-0.1, -0.05) is 32.0 Å². The lowest BCUT2D eigenvalue weighted by molar-refractivity contribution is -0.137. The summed E-state index contributed by atoms with van der Waals surface area (Å²) in [6.07, 6.45) is 3.88. The van der Waals surface area contributed by atoms with Crippen molar-refractivity contribution in [2.45, 2.75) is 27.2 Å². The Balaban J connectivity index is 2.21. The molecular formula is C16H18O3. The standard InChI is InChI=1S/C16H18O3/c1-4-19-14(17)8-6-11-5-7-13-12(9-11)10-16(2,3)15(13)18/h5-9H,4,10H2,1-3H3. The summed E-state index contributed by atoms with van der Waals surface area (Å²) in [5.74, 6) is -0.150. The molecule has 0 aromatic heterocycles. The third-order valence-corrected chi connectivity index (χ3v) is 3.32. The molecule has 19 heavy (non-hydrogen) atoms. The molecule has 0 radical (unpaired) electrons. The summed E-state index contributed by atoms with van der Waals surface area (Å²) in [6, 6.07) is 5.67. The van der Waals surface area contributed by atoms with Crippen molar-refractivity contribution < 1.29 is 14.3 Å². The predicted octanol–water partition coefficient (Wildman–Crippen LogP) is 3.03. The predicted molar refractivity (Wildman–Crippen MR) is 73.9 cm³/mol. The molecular weight excluding hydrogens is 240 g/mol. The molecule has 0 N–H and O–H groups in total. The zero-order valence-corrected chi connectivity index (χ0v) is 11.5. The minimum atomic E-state index is -0.348. The Kier molecular flexibility index (Phi) is 3.56. The van der Waals surface area contributed by atoms with E-state index >= 15 is 0 Å². The van der Waals surface area contributed by atoms with E-state index in [1.807, 2.05) is 32.0 Å². The number of ether oxygens (including phenoxy) is 1. The van der Waals surface area contributed by atoms with Crippen molar-refractivity contribution in [3.05, 3.63) is 41.0 Å². The van der Waals surface area contributed by atoms with Gasteiger partial charge < -0.3 is 4.74 Å². The van der Waals surface area contributed by atoms with Gasteiger partial charge in [0.2, 0.25) is 0 Å². The number of rotatable bonds is 3. The van der Waals surface area contributed by atoms with Crippen molar-refractivity contribution in [1.29, 1.82) is 0 Å². The third-order valence-electron chi connectivity index (χ3n) is 3.32. The summed E-state index contributed by atoms with van der Waals surface area (Å²) in [5.41, 5.74) is 2.46. The van der Waals surface area contributed by atoms with Crippen molar-refractivity contribution in [2.75, 3.05) is 6.61 Å². The van der Waals surface area contributed by atoms with Gasteiger partial charge in [-0.2, -0.15) is 0 Å². The highest BCUT2D eigenvalue weighted by molar-refractivity contribution is 6.04. The van der Waals surface area contributed by atoms with Crippen molar-refractivity contribution in [2.24, 2.45) is 5.41 Å². The van der Waals surface area contributed by atoms with E-state index in [4.69, 9.17) is 4.74 Å². The second-order valence-electron chi connectivity index (χ2n) is 5.39. The first kappa shape index (κ1) is 13.5. The fraction of sp³-hybridized carbons (Fsp3) is 0.375. The molecule has 3 nitrogen and oxygen atoms in total. The summed E-state index contributed by atoms with van der Waals surface area (Å²) < 4.78 is 4.83. The highest BCUT2D eigenvalue weighted by atomic mass is 16.5. The van der Waals surface area contributed by atoms with Crippen LogP contribution in [-0.4, -0.2) is 18.4 Å². The molecule has 0 atom stereocenters. The van der Waals surface area contributed by atoms with Gasteiger partial charge in [-0.15, -0.1) is 0 Å². The summed E-state index contributed by atoms with van der Waals surface area (Å²) in [7, 11) is 0. The third kappa shape index (κ3) is 2.75. The van der Waals surface area contributed by atoms with Crippen LogP contribution in [0.25, 0.3) is 6.08 Å². The molecule has 1 aliphatic rings. The Morgan fingerprint density at radius 3 is 2.84 bits per heavy atom. The minimum Gasteiger partial charge on any atom is -0.463 e. The largest absolute Gasteiger partial charge is 0.463 e. The van der Waals surface area contributed by atoms with Crippen LogP contribution in [-0.2, 0) is 16.0 Å². The van der Waals surface area contributed by atoms with Crippen LogP contribution in [0.4, 0.5) is 0 Å². The Bertz CT molecular complexity index is 553. The number of fused-ring (bicyclic) bond motifs is 1. The summed E-state index contributed by atoms with van der Waals surface area (Å²) >= 11 is 0. The average molecular weight is 258 g/mol. The Morgan fingerprint density at radius 2 is 2.16 bits per heavy atom. The molecule has 0 saturated heterocycles. The Labute approximate surface area is 113 Å². The molecule has 0 spiro atoms. The summed E-state index contributed by atoms with van der Waals surface area (Å²) in [6.45, 7) is 6.07. The number of hydrogen-bond acceptors (Lipinski definition) is 3. The van der Waals surface area contributed by atoms with Gasteiger partial charge in [-0.3, -0.25) is 4.79 Å². The smallest absolute Gasteiger partial charge is 0.330 e. The molecule has 0 bridgehead atoms. The van der Waals surface area contributed by atoms with Crippen LogP contribution in [0.1, 0.15) is 42.3 Å². The highest BCUT2D eigenvalue weighted by Crippen LogP contribution is 2.36. The topological polar surface area (TPSA) is 43.4 Å². The van der Waals surface area contributed by atoms with Gasteiger partial charge >= 0.3 is 5.97 Å². The fourth-order valence-electron chi connectivity index (χ4n) is 2.36. The van der Waals surface area contributed by atoms with Crippen molar-refractivity contribution in [1.82, 2.24) is 0 Å². The fourth-order valence-corrected chi connectivity index (χ4v) is 2.36. The van der Waals surface area contributed by atoms with E-state index in [0.717, 1.165) is 23.1 Å². The number of carbonyl (C=O) groups is 2. The van der Waals surface area contributed by atoms with E-state index in [-0.39, 0.29) is 17.2 Å². The first-order valence-electron chi connectivity index (χ1n) is 6.46. The second kappa shape index (κ2) is 5.00. The lowest BCUT2D eigenvalue weighted by Crippen LogP contribution is -2.18. The SMILES string of the molecule is CCOC(=O)C=Cc1ccc2c(c1)CC(C)(C)C2=O. The Hall–Kier alpha value is -1.90.